The molecule has 0 aliphatic carbocycles. The van der Waals surface area contributed by atoms with E-state index in [0.29, 0.717) is 0 Å². The molecule has 3 rings (SSSR count). The number of hydrogen-bond acceptors (Lipinski definition) is 4. The van der Waals surface area contributed by atoms with Crippen molar-refractivity contribution >= 4 is 0 Å². The summed E-state index contributed by atoms with van der Waals surface area (Å²) < 4.78 is 11.7. The van der Waals surface area contributed by atoms with E-state index < -0.39 is 0 Å². The normalized spacial score (nSPS) is 17.4. The van der Waals surface area contributed by atoms with Crippen LogP contribution in [0.5, 0.6) is 11.5 Å². The van der Waals surface area contributed by atoms with E-state index in [2.05, 4.69) is 48.2 Å². The molecule has 1 heterocycles. The lowest BCUT2D eigenvalue weighted by molar-refractivity contribution is -0.0712. The zero-order valence-electron chi connectivity index (χ0n) is 16.1. The molecule has 0 spiro atoms. The average molecular weight is 354 g/mol. The Hall–Kier alpha value is -1.88. The Morgan fingerprint density at radius 3 is 2.12 bits per heavy atom. The van der Waals surface area contributed by atoms with Gasteiger partial charge in [-0.05, 0) is 56.8 Å². The van der Waals surface area contributed by atoms with E-state index >= 15 is 0 Å². The van der Waals surface area contributed by atoms with E-state index in [9.17, 15) is 0 Å². The summed E-state index contributed by atoms with van der Waals surface area (Å²) in [6.45, 7) is 4.12. The van der Waals surface area contributed by atoms with Gasteiger partial charge in [-0.1, -0.05) is 30.3 Å². The van der Waals surface area contributed by atoms with Crippen molar-refractivity contribution in [1.82, 2.24) is 9.80 Å². The van der Waals surface area contributed by atoms with Crippen molar-refractivity contribution in [3.8, 4) is 11.5 Å². The Morgan fingerprint density at radius 2 is 1.54 bits per heavy atom. The van der Waals surface area contributed by atoms with Gasteiger partial charge in [0.15, 0.2) is 0 Å². The highest BCUT2D eigenvalue weighted by Gasteiger charge is 2.34. The summed E-state index contributed by atoms with van der Waals surface area (Å²) in [5.74, 6) is 1.75. The molecule has 1 aliphatic rings. The largest absolute Gasteiger partial charge is 0.457 e. The predicted octanol–water partition coefficient (Wildman–Crippen LogP) is 4.02. The number of piperidine rings is 1. The Balaban J connectivity index is 1.52. The molecule has 0 amide bonds. The molecule has 0 unspecified atom stereocenters. The highest BCUT2D eigenvalue weighted by Crippen LogP contribution is 2.28. The molecule has 1 aliphatic heterocycles. The zero-order valence-corrected chi connectivity index (χ0v) is 16.1. The van der Waals surface area contributed by atoms with Gasteiger partial charge in [-0.25, -0.2) is 0 Å². The number of nitrogens with zero attached hydrogens (tertiary/aromatic N) is 2. The van der Waals surface area contributed by atoms with Gasteiger partial charge in [0.2, 0.25) is 0 Å². The molecular formula is C22H30N2O2. The second kappa shape index (κ2) is 8.67. The summed E-state index contributed by atoms with van der Waals surface area (Å²) in [6.07, 6.45) is 2.16. The van der Waals surface area contributed by atoms with Crippen LogP contribution in [0.4, 0.5) is 0 Å². The number of para-hydroxylation sites is 1. The van der Waals surface area contributed by atoms with Gasteiger partial charge < -0.3 is 14.4 Å². The molecule has 0 radical (unpaired) electrons. The Labute approximate surface area is 157 Å². The van der Waals surface area contributed by atoms with Crippen molar-refractivity contribution in [3.63, 3.8) is 0 Å². The fourth-order valence-corrected chi connectivity index (χ4v) is 3.67. The van der Waals surface area contributed by atoms with Crippen molar-refractivity contribution in [2.75, 3.05) is 40.8 Å². The molecule has 0 aromatic heterocycles. The number of benzene rings is 2. The first-order valence-electron chi connectivity index (χ1n) is 9.33. The molecule has 0 atom stereocenters. The average Bonchev–Trinajstić information content (AvgIpc) is 2.65. The molecule has 0 saturated carbocycles. The van der Waals surface area contributed by atoms with Crippen LogP contribution in [0.2, 0.25) is 0 Å². The Morgan fingerprint density at radius 1 is 0.923 bits per heavy atom. The van der Waals surface area contributed by atoms with E-state index in [0.717, 1.165) is 50.5 Å². The van der Waals surface area contributed by atoms with Gasteiger partial charge in [0.25, 0.3) is 0 Å². The number of methoxy groups -OCH3 is 1. The van der Waals surface area contributed by atoms with E-state index in [1.807, 2.05) is 37.4 Å². The lowest BCUT2D eigenvalue weighted by Crippen LogP contribution is -2.50. The first-order chi connectivity index (χ1) is 12.6. The van der Waals surface area contributed by atoms with Gasteiger partial charge >= 0.3 is 0 Å². The summed E-state index contributed by atoms with van der Waals surface area (Å²) in [4.78, 5) is 4.74. The first-order valence-corrected chi connectivity index (χ1v) is 9.33. The SMILES string of the molecule is COC1(CN(C)C)CCN(Cc2ccc(Oc3ccccc3)cc2)CC1. The molecule has 1 saturated heterocycles. The van der Waals surface area contributed by atoms with Crippen molar-refractivity contribution in [2.45, 2.75) is 25.0 Å². The highest BCUT2D eigenvalue weighted by molar-refractivity contribution is 5.32. The minimum atomic E-state index is 0.00732. The highest BCUT2D eigenvalue weighted by atomic mass is 16.5. The predicted molar refractivity (Wildman–Crippen MR) is 106 cm³/mol. The fourth-order valence-electron chi connectivity index (χ4n) is 3.67. The number of ether oxygens (including phenoxy) is 2. The molecule has 4 nitrogen and oxygen atoms in total. The second-order valence-electron chi connectivity index (χ2n) is 7.46. The molecule has 4 heteroatoms. The second-order valence-corrected chi connectivity index (χ2v) is 7.46. The zero-order chi connectivity index (χ0) is 18.4. The maximum Gasteiger partial charge on any atom is 0.127 e. The minimum Gasteiger partial charge on any atom is -0.457 e. The van der Waals surface area contributed by atoms with Gasteiger partial charge in [0.05, 0.1) is 5.60 Å². The standard InChI is InChI=1S/C22H30N2O2/c1-23(2)18-22(25-3)13-15-24(16-14-22)17-19-9-11-21(12-10-19)26-20-7-5-4-6-8-20/h4-12H,13-18H2,1-3H3. The number of likely N-dealkylation sites (N-methyl/N-ethyl adjacent to an activating group) is 1. The molecule has 0 N–H and O–H groups in total. The Kier molecular flexibility index (Phi) is 6.30. The van der Waals surface area contributed by atoms with Crippen LogP contribution in [0.3, 0.4) is 0 Å². The molecule has 2 aromatic carbocycles. The lowest BCUT2D eigenvalue weighted by atomic mass is 9.90. The summed E-state index contributed by atoms with van der Waals surface area (Å²) in [5, 5.41) is 0. The quantitative estimate of drug-likeness (QED) is 0.750. The van der Waals surface area contributed by atoms with Gasteiger partial charge in [-0.2, -0.15) is 0 Å². The lowest BCUT2D eigenvalue weighted by Gasteiger charge is -2.42. The van der Waals surface area contributed by atoms with Gasteiger partial charge in [0.1, 0.15) is 11.5 Å². The molecule has 140 valence electrons. The molecule has 26 heavy (non-hydrogen) atoms. The Bertz CT molecular complexity index is 662. The van der Waals surface area contributed by atoms with Crippen LogP contribution in [0.15, 0.2) is 54.6 Å². The van der Waals surface area contributed by atoms with Crippen LogP contribution in [0, 0.1) is 0 Å². The third-order valence-corrected chi connectivity index (χ3v) is 5.11. The van der Waals surface area contributed by atoms with Crippen LogP contribution in [0.1, 0.15) is 18.4 Å². The number of rotatable bonds is 7. The van der Waals surface area contributed by atoms with E-state index in [1.54, 1.807) is 0 Å². The maximum atomic E-state index is 5.88. The van der Waals surface area contributed by atoms with Gasteiger partial charge in [-0.3, -0.25) is 4.90 Å². The topological polar surface area (TPSA) is 24.9 Å². The fraction of sp³-hybridized carbons (Fsp3) is 0.455. The van der Waals surface area contributed by atoms with Crippen LogP contribution in [0.25, 0.3) is 0 Å². The summed E-state index contributed by atoms with van der Waals surface area (Å²) in [7, 11) is 6.09. The number of hydrogen-bond donors (Lipinski definition) is 0. The van der Waals surface area contributed by atoms with Crippen LogP contribution in [-0.4, -0.2) is 56.2 Å². The van der Waals surface area contributed by atoms with Gasteiger partial charge in [0, 0.05) is 33.3 Å². The van der Waals surface area contributed by atoms with Crippen LogP contribution in [-0.2, 0) is 11.3 Å². The first kappa shape index (κ1) is 18.9. The number of likely N-dealkylation sites (tertiary alicyclic amines) is 1. The van der Waals surface area contributed by atoms with Crippen LogP contribution >= 0.6 is 0 Å². The summed E-state index contributed by atoms with van der Waals surface area (Å²) >= 11 is 0. The molecule has 1 fully saturated rings. The van der Waals surface area contributed by atoms with Crippen molar-refractivity contribution in [2.24, 2.45) is 0 Å². The maximum absolute atomic E-state index is 5.88. The van der Waals surface area contributed by atoms with E-state index in [-0.39, 0.29) is 5.60 Å². The van der Waals surface area contributed by atoms with Gasteiger partial charge in [-0.15, -0.1) is 0 Å². The van der Waals surface area contributed by atoms with Crippen molar-refractivity contribution < 1.29 is 9.47 Å². The van der Waals surface area contributed by atoms with E-state index in [1.165, 1.54) is 5.56 Å². The van der Waals surface area contributed by atoms with E-state index in [4.69, 9.17) is 9.47 Å². The monoisotopic (exact) mass is 354 g/mol. The smallest absolute Gasteiger partial charge is 0.127 e. The molecule has 0 bridgehead atoms. The molecular weight excluding hydrogens is 324 g/mol. The molecule has 2 aromatic rings. The summed E-state index contributed by atoms with van der Waals surface area (Å²) in [5.41, 5.74) is 1.33. The minimum absolute atomic E-state index is 0.00732. The summed E-state index contributed by atoms with van der Waals surface area (Å²) in [6, 6.07) is 18.3. The third kappa shape index (κ3) is 5.07. The van der Waals surface area contributed by atoms with Crippen molar-refractivity contribution in [3.05, 3.63) is 60.2 Å². The van der Waals surface area contributed by atoms with Crippen molar-refractivity contribution in [1.29, 1.82) is 0 Å². The third-order valence-electron chi connectivity index (χ3n) is 5.11. The van der Waals surface area contributed by atoms with Crippen LogP contribution < -0.4 is 4.74 Å².